The van der Waals surface area contributed by atoms with Gasteiger partial charge < -0.3 is 0 Å². The van der Waals surface area contributed by atoms with Crippen molar-refractivity contribution in [3.63, 3.8) is 0 Å². The Hall–Kier alpha value is -3.52. The normalized spacial score (nSPS) is 11.8. The quantitative estimate of drug-likeness (QED) is 0.441. The van der Waals surface area contributed by atoms with Gasteiger partial charge in [-0.1, -0.05) is 35.9 Å². The van der Waals surface area contributed by atoms with Gasteiger partial charge in [-0.25, -0.2) is 18.2 Å². The van der Waals surface area contributed by atoms with Gasteiger partial charge in [0, 0.05) is 5.56 Å². The fraction of sp³-hybridized carbons (Fsp3) is 0.130. The van der Waals surface area contributed by atoms with Crippen molar-refractivity contribution in [3.8, 4) is 0 Å². The first-order chi connectivity index (χ1) is 14.7. The van der Waals surface area contributed by atoms with Crippen LogP contribution in [0.5, 0.6) is 0 Å². The van der Waals surface area contributed by atoms with Crippen molar-refractivity contribution in [1.29, 1.82) is 0 Å². The maximum absolute atomic E-state index is 13.0. The molecule has 6 nitrogen and oxygen atoms in total. The Labute approximate surface area is 180 Å². The molecule has 0 aliphatic carbocycles. The Kier molecular flexibility index (Phi) is 6.50. The van der Waals surface area contributed by atoms with Crippen molar-refractivity contribution in [2.45, 2.75) is 25.7 Å². The molecule has 3 rings (SSSR count). The lowest BCUT2D eigenvalue weighted by Gasteiger charge is -2.12. The van der Waals surface area contributed by atoms with E-state index in [0.717, 1.165) is 11.1 Å². The van der Waals surface area contributed by atoms with Crippen molar-refractivity contribution < 1.29 is 17.6 Å². The molecule has 3 aromatic rings. The Morgan fingerprint density at radius 1 is 0.935 bits per heavy atom. The number of rotatable bonds is 6. The van der Waals surface area contributed by atoms with Gasteiger partial charge in [-0.2, -0.15) is 5.10 Å². The minimum Gasteiger partial charge on any atom is -0.279 e. The summed E-state index contributed by atoms with van der Waals surface area (Å²) in [4.78, 5) is 12.4. The number of nitrogens with one attached hydrogen (secondary N) is 2. The SMILES string of the molecule is CC(=NNC(=O)c1cccc(S(=O)(=O)Nc2ccc(C)cc2C)c1)c1ccc(F)cc1. The molecule has 1 amide bonds. The molecular formula is C23H22FN3O3S. The van der Waals surface area contributed by atoms with E-state index in [2.05, 4.69) is 15.2 Å². The molecule has 0 unspecified atom stereocenters. The lowest BCUT2D eigenvalue weighted by atomic mass is 10.1. The Morgan fingerprint density at radius 3 is 2.32 bits per heavy atom. The van der Waals surface area contributed by atoms with Crippen LogP contribution in [0.15, 0.2) is 76.7 Å². The Balaban J connectivity index is 1.77. The van der Waals surface area contributed by atoms with Gasteiger partial charge in [0.25, 0.3) is 15.9 Å². The largest absolute Gasteiger partial charge is 0.279 e. The summed E-state index contributed by atoms with van der Waals surface area (Å²) in [6.45, 7) is 5.41. The van der Waals surface area contributed by atoms with E-state index in [-0.39, 0.29) is 16.3 Å². The van der Waals surface area contributed by atoms with Crippen molar-refractivity contribution in [3.05, 3.63) is 94.8 Å². The van der Waals surface area contributed by atoms with Gasteiger partial charge in [0.1, 0.15) is 5.82 Å². The number of anilines is 1. The highest BCUT2D eigenvalue weighted by Crippen LogP contribution is 2.21. The van der Waals surface area contributed by atoms with Crippen LogP contribution in [0.2, 0.25) is 0 Å². The molecule has 0 radical (unpaired) electrons. The fourth-order valence-electron chi connectivity index (χ4n) is 2.89. The number of hydrazone groups is 1. The van der Waals surface area contributed by atoms with Gasteiger partial charge in [-0.15, -0.1) is 0 Å². The van der Waals surface area contributed by atoms with Crippen molar-refractivity contribution in [2.75, 3.05) is 4.72 Å². The molecule has 8 heteroatoms. The Morgan fingerprint density at radius 2 is 1.65 bits per heavy atom. The van der Waals surface area contributed by atoms with Crippen molar-refractivity contribution in [2.24, 2.45) is 5.10 Å². The number of carbonyl (C=O) groups excluding carboxylic acids is 1. The molecule has 0 atom stereocenters. The molecule has 0 bridgehead atoms. The standard InChI is InChI=1S/C23H22FN3O3S/c1-15-7-12-22(16(2)13-15)27-31(29,30)21-6-4-5-19(14-21)23(28)26-25-17(3)18-8-10-20(24)11-9-18/h4-14,27H,1-3H3,(H,26,28). The summed E-state index contributed by atoms with van der Waals surface area (Å²) < 4.78 is 41.2. The van der Waals surface area contributed by atoms with E-state index in [0.29, 0.717) is 17.0 Å². The van der Waals surface area contributed by atoms with Gasteiger partial charge in [-0.3, -0.25) is 9.52 Å². The number of aryl methyl sites for hydroxylation is 2. The van der Waals surface area contributed by atoms with E-state index in [4.69, 9.17) is 0 Å². The third-order valence-corrected chi connectivity index (χ3v) is 5.98. The zero-order chi connectivity index (χ0) is 22.6. The van der Waals surface area contributed by atoms with Crippen LogP contribution in [0.1, 0.15) is 34.0 Å². The van der Waals surface area contributed by atoms with E-state index >= 15 is 0 Å². The molecule has 0 spiro atoms. The van der Waals surface area contributed by atoms with E-state index in [1.54, 1.807) is 25.1 Å². The summed E-state index contributed by atoms with van der Waals surface area (Å²) in [5, 5.41) is 4.01. The number of halogens is 1. The van der Waals surface area contributed by atoms with Gasteiger partial charge in [0.2, 0.25) is 0 Å². The summed E-state index contributed by atoms with van der Waals surface area (Å²) in [7, 11) is -3.88. The Bertz CT molecular complexity index is 1250. The fourth-order valence-corrected chi connectivity index (χ4v) is 4.07. The molecule has 0 aliphatic heterocycles. The molecule has 31 heavy (non-hydrogen) atoms. The first kappa shape index (κ1) is 22.2. The highest BCUT2D eigenvalue weighted by atomic mass is 32.2. The molecule has 0 saturated carbocycles. The summed E-state index contributed by atoms with van der Waals surface area (Å²) in [6.07, 6.45) is 0. The minimum absolute atomic E-state index is 0.0423. The van der Waals surface area contributed by atoms with Crippen LogP contribution in [-0.4, -0.2) is 20.0 Å². The summed E-state index contributed by atoms with van der Waals surface area (Å²) in [6, 6.07) is 16.8. The van der Waals surface area contributed by atoms with E-state index in [9.17, 15) is 17.6 Å². The molecule has 0 fully saturated rings. The first-order valence-corrected chi connectivity index (χ1v) is 10.9. The first-order valence-electron chi connectivity index (χ1n) is 9.46. The zero-order valence-corrected chi connectivity index (χ0v) is 18.1. The molecule has 0 saturated heterocycles. The third-order valence-electron chi connectivity index (χ3n) is 4.62. The third kappa shape index (κ3) is 5.55. The number of hydrogen-bond donors (Lipinski definition) is 2. The van der Waals surface area contributed by atoms with Crippen LogP contribution >= 0.6 is 0 Å². The van der Waals surface area contributed by atoms with Gasteiger partial charge in [0.05, 0.1) is 16.3 Å². The lowest BCUT2D eigenvalue weighted by molar-refractivity contribution is 0.0954. The highest BCUT2D eigenvalue weighted by Gasteiger charge is 2.17. The number of nitrogens with zero attached hydrogens (tertiary/aromatic N) is 1. The predicted octanol–water partition coefficient (Wildman–Crippen LogP) is 4.40. The summed E-state index contributed by atoms with van der Waals surface area (Å²) in [5.74, 6) is -0.932. The van der Waals surface area contributed by atoms with E-state index < -0.39 is 15.9 Å². The number of sulfonamides is 1. The average Bonchev–Trinajstić information content (AvgIpc) is 2.74. The summed E-state index contributed by atoms with van der Waals surface area (Å²) in [5.41, 5.74) is 5.95. The summed E-state index contributed by atoms with van der Waals surface area (Å²) >= 11 is 0. The second kappa shape index (κ2) is 9.09. The second-order valence-corrected chi connectivity index (χ2v) is 8.78. The van der Waals surface area contributed by atoms with Crippen LogP contribution < -0.4 is 10.1 Å². The van der Waals surface area contributed by atoms with Crippen LogP contribution in [0.25, 0.3) is 0 Å². The molecule has 0 aromatic heterocycles. The molecule has 0 aliphatic rings. The van der Waals surface area contributed by atoms with Crippen molar-refractivity contribution in [1.82, 2.24) is 5.43 Å². The molecule has 160 valence electrons. The van der Waals surface area contributed by atoms with Crippen LogP contribution in [0, 0.1) is 19.7 Å². The zero-order valence-electron chi connectivity index (χ0n) is 17.3. The van der Waals surface area contributed by atoms with Crippen LogP contribution in [0.4, 0.5) is 10.1 Å². The highest BCUT2D eigenvalue weighted by molar-refractivity contribution is 7.92. The molecule has 0 heterocycles. The second-order valence-electron chi connectivity index (χ2n) is 7.10. The predicted molar refractivity (Wildman–Crippen MR) is 119 cm³/mol. The molecule has 2 N–H and O–H groups in total. The number of hydrogen-bond acceptors (Lipinski definition) is 4. The van der Waals surface area contributed by atoms with E-state index in [1.165, 1.54) is 36.4 Å². The minimum atomic E-state index is -3.88. The average molecular weight is 440 g/mol. The van der Waals surface area contributed by atoms with Crippen LogP contribution in [-0.2, 0) is 10.0 Å². The topological polar surface area (TPSA) is 87.6 Å². The number of amides is 1. The van der Waals surface area contributed by atoms with E-state index in [1.807, 2.05) is 26.0 Å². The number of benzene rings is 3. The van der Waals surface area contributed by atoms with Crippen molar-refractivity contribution >= 4 is 27.3 Å². The van der Waals surface area contributed by atoms with Crippen LogP contribution in [0.3, 0.4) is 0 Å². The van der Waals surface area contributed by atoms with Gasteiger partial charge >= 0.3 is 0 Å². The van der Waals surface area contributed by atoms with Gasteiger partial charge in [-0.05, 0) is 68.3 Å². The lowest BCUT2D eigenvalue weighted by Crippen LogP contribution is -2.20. The smallest absolute Gasteiger partial charge is 0.271 e. The molecule has 3 aromatic carbocycles. The maximum Gasteiger partial charge on any atom is 0.271 e. The van der Waals surface area contributed by atoms with Gasteiger partial charge in [0.15, 0.2) is 0 Å². The number of carbonyl (C=O) groups is 1. The monoisotopic (exact) mass is 439 g/mol. The maximum atomic E-state index is 13.0. The molecular weight excluding hydrogens is 417 g/mol.